The molecule has 0 spiro atoms. The van der Waals surface area contributed by atoms with E-state index < -0.39 is 5.97 Å². The Morgan fingerprint density at radius 1 is 0.955 bits per heavy atom. The standard InChI is InChI=1S/C18H16O4/c1-2-21-13-12-17(19)22-16-10-8-15(9-11-16)18(20)14-6-4-3-5-7-14/h3-13H,2H2,1H3. The summed E-state index contributed by atoms with van der Waals surface area (Å²) in [5.41, 5.74) is 1.16. The molecule has 0 unspecified atom stereocenters. The molecule has 2 aromatic rings. The number of hydrogen-bond acceptors (Lipinski definition) is 4. The molecule has 0 bridgehead atoms. The third-order valence-electron chi connectivity index (χ3n) is 2.84. The van der Waals surface area contributed by atoms with Crippen molar-refractivity contribution in [2.45, 2.75) is 6.92 Å². The lowest BCUT2D eigenvalue weighted by molar-refractivity contribution is -0.129. The maximum absolute atomic E-state index is 12.2. The van der Waals surface area contributed by atoms with Gasteiger partial charge in [0.1, 0.15) is 5.75 Å². The Balaban J connectivity index is 2.01. The summed E-state index contributed by atoms with van der Waals surface area (Å²) < 4.78 is 10.00. The SMILES string of the molecule is CCOC=CC(=O)Oc1ccc(C(=O)c2ccccc2)cc1. The van der Waals surface area contributed by atoms with Crippen molar-refractivity contribution in [3.63, 3.8) is 0 Å². The zero-order valence-corrected chi connectivity index (χ0v) is 12.2. The van der Waals surface area contributed by atoms with Gasteiger partial charge >= 0.3 is 5.97 Å². The second-order valence-electron chi connectivity index (χ2n) is 4.40. The average Bonchev–Trinajstić information content (AvgIpc) is 2.56. The Bertz CT molecular complexity index is 657. The first-order valence-electron chi connectivity index (χ1n) is 6.90. The molecule has 0 aliphatic rings. The van der Waals surface area contributed by atoms with E-state index in [1.807, 2.05) is 25.1 Å². The fourth-order valence-corrected chi connectivity index (χ4v) is 1.78. The highest BCUT2D eigenvalue weighted by Gasteiger charge is 2.09. The number of ketones is 1. The maximum Gasteiger partial charge on any atom is 0.339 e. The summed E-state index contributed by atoms with van der Waals surface area (Å²) in [4.78, 5) is 23.7. The predicted molar refractivity (Wildman–Crippen MR) is 82.7 cm³/mol. The smallest absolute Gasteiger partial charge is 0.339 e. The van der Waals surface area contributed by atoms with E-state index in [-0.39, 0.29) is 5.78 Å². The Morgan fingerprint density at radius 2 is 1.59 bits per heavy atom. The van der Waals surface area contributed by atoms with Crippen molar-refractivity contribution in [2.75, 3.05) is 6.61 Å². The molecule has 22 heavy (non-hydrogen) atoms. The molecule has 0 atom stereocenters. The van der Waals surface area contributed by atoms with Crippen LogP contribution in [-0.4, -0.2) is 18.4 Å². The second-order valence-corrected chi connectivity index (χ2v) is 4.40. The molecule has 112 valence electrons. The largest absolute Gasteiger partial charge is 0.501 e. The van der Waals surface area contributed by atoms with Crippen LogP contribution in [0, 0.1) is 0 Å². The molecule has 0 aliphatic carbocycles. The van der Waals surface area contributed by atoms with Gasteiger partial charge in [-0.3, -0.25) is 4.79 Å². The monoisotopic (exact) mass is 296 g/mol. The Labute approximate surface area is 129 Å². The van der Waals surface area contributed by atoms with Crippen molar-refractivity contribution in [1.29, 1.82) is 0 Å². The van der Waals surface area contributed by atoms with E-state index in [0.29, 0.717) is 23.5 Å². The Hall–Kier alpha value is -2.88. The molecule has 0 N–H and O–H groups in total. The number of benzene rings is 2. The average molecular weight is 296 g/mol. The van der Waals surface area contributed by atoms with E-state index in [4.69, 9.17) is 9.47 Å². The molecule has 0 fully saturated rings. The minimum absolute atomic E-state index is 0.0743. The molecular weight excluding hydrogens is 280 g/mol. The highest BCUT2D eigenvalue weighted by molar-refractivity contribution is 6.09. The maximum atomic E-state index is 12.2. The summed E-state index contributed by atoms with van der Waals surface area (Å²) in [5.74, 6) is -0.235. The first-order chi connectivity index (χ1) is 10.7. The summed E-state index contributed by atoms with van der Waals surface area (Å²) in [7, 11) is 0. The fraction of sp³-hybridized carbons (Fsp3) is 0.111. The van der Waals surface area contributed by atoms with Gasteiger partial charge in [-0.1, -0.05) is 30.3 Å². The first-order valence-corrected chi connectivity index (χ1v) is 6.90. The summed E-state index contributed by atoms with van der Waals surface area (Å²) in [6, 6.07) is 15.4. The van der Waals surface area contributed by atoms with Gasteiger partial charge in [0, 0.05) is 11.1 Å². The van der Waals surface area contributed by atoms with Crippen molar-refractivity contribution in [3.05, 3.63) is 78.1 Å². The molecule has 0 heterocycles. The topological polar surface area (TPSA) is 52.6 Å². The van der Waals surface area contributed by atoms with E-state index in [0.717, 1.165) is 0 Å². The van der Waals surface area contributed by atoms with Crippen LogP contribution in [0.1, 0.15) is 22.8 Å². The molecule has 0 aliphatic heterocycles. The zero-order valence-electron chi connectivity index (χ0n) is 12.2. The molecule has 0 radical (unpaired) electrons. The minimum Gasteiger partial charge on any atom is -0.501 e. The lowest BCUT2D eigenvalue weighted by Gasteiger charge is -2.04. The molecular formula is C18H16O4. The van der Waals surface area contributed by atoms with Gasteiger partial charge in [0.25, 0.3) is 0 Å². The van der Waals surface area contributed by atoms with Crippen molar-refractivity contribution in [2.24, 2.45) is 0 Å². The third kappa shape index (κ3) is 4.31. The number of carbonyl (C=O) groups is 2. The van der Waals surface area contributed by atoms with Crippen LogP contribution in [0.4, 0.5) is 0 Å². The normalized spacial score (nSPS) is 10.4. The van der Waals surface area contributed by atoms with Crippen LogP contribution in [0.25, 0.3) is 0 Å². The van der Waals surface area contributed by atoms with Gasteiger partial charge in [0.05, 0.1) is 18.9 Å². The van der Waals surface area contributed by atoms with Crippen molar-refractivity contribution in [3.8, 4) is 5.75 Å². The van der Waals surface area contributed by atoms with Crippen LogP contribution in [0.15, 0.2) is 66.9 Å². The lowest BCUT2D eigenvalue weighted by Crippen LogP contribution is -2.05. The summed E-state index contributed by atoms with van der Waals surface area (Å²) >= 11 is 0. The Morgan fingerprint density at radius 3 is 2.23 bits per heavy atom. The summed E-state index contributed by atoms with van der Waals surface area (Å²) in [6.07, 6.45) is 2.49. The van der Waals surface area contributed by atoms with Crippen LogP contribution in [0.2, 0.25) is 0 Å². The Kier molecular flexibility index (Phi) is 5.49. The van der Waals surface area contributed by atoms with Gasteiger partial charge in [0.2, 0.25) is 0 Å². The van der Waals surface area contributed by atoms with Crippen molar-refractivity contribution in [1.82, 2.24) is 0 Å². The molecule has 4 nitrogen and oxygen atoms in total. The predicted octanol–water partition coefficient (Wildman–Crippen LogP) is 3.37. The number of rotatable bonds is 6. The van der Waals surface area contributed by atoms with E-state index in [9.17, 15) is 9.59 Å². The van der Waals surface area contributed by atoms with Crippen LogP contribution < -0.4 is 4.74 Å². The highest BCUT2D eigenvalue weighted by atomic mass is 16.5. The van der Waals surface area contributed by atoms with Crippen LogP contribution in [0.5, 0.6) is 5.75 Å². The quantitative estimate of drug-likeness (QED) is 0.270. The molecule has 2 aromatic carbocycles. The third-order valence-corrected chi connectivity index (χ3v) is 2.84. The van der Waals surface area contributed by atoms with Gasteiger partial charge in [-0.25, -0.2) is 4.79 Å². The van der Waals surface area contributed by atoms with Crippen LogP contribution in [-0.2, 0) is 9.53 Å². The number of ether oxygens (including phenoxy) is 2. The van der Waals surface area contributed by atoms with E-state index in [2.05, 4.69) is 0 Å². The highest BCUT2D eigenvalue weighted by Crippen LogP contribution is 2.15. The summed E-state index contributed by atoms with van der Waals surface area (Å²) in [6.45, 7) is 2.30. The molecule has 0 saturated heterocycles. The van der Waals surface area contributed by atoms with E-state index in [1.165, 1.54) is 12.3 Å². The summed E-state index contributed by atoms with van der Waals surface area (Å²) in [5, 5.41) is 0. The number of carbonyl (C=O) groups excluding carboxylic acids is 2. The first kappa shape index (κ1) is 15.5. The van der Waals surface area contributed by atoms with E-state index >= 15 is 0 Å². The van der Waals surface area contributed by atoms with Gasteiger partial charge in [-0.2, -0.15) is 0 Å². The van der Waals surface area contributed by atoms with Crippen LogP contribution >= 0.6 is 0 Å². The molecule has 2 rings (SSSR count). The van der Waals surface area contributed by atoms with E-state index in [1.54, 1.807) is 36.4 Å². The van der Waals surface area contributed by atoms with Crippen LogP contribution in [0.3, 0.4) is 0 Å². The minimum atomic E-state index is -0.532. The lowest BCUT2D eigenvalue weighted by atomic mass is 10.0. The zero-order chi connectivity index (χ0) is 15.8. The molecule has 0 saturated carbocycles. The molecule has 0 aromatic heterocycles. The second kappa shape index (κ2) is 7.78. The van der Waals surface area contributed by atoms with Gasteiger partial charge in [-0.05, 0) is 31.2 Å². The number of hydrogen-bond donors (Lipinski definition) is 0. The van der Waals surface area contributed by atoms with Gasteiger partial charge < -0.3 is 9.47 Å². The molecule has 4 heteroatoms. The van der Waals surface area contributed by atoms with Gasteiger partial charge in [0.15, 0.2) is 5.78 Å². The van der Waals surface area contributed by atoms with Crippen molar-refractivity contribution < 1.29 is 19.1 Å². The van der Waals surface area contributed by atoms with Gasteiger partial charge in [-0.15, -0.1) is 0 Å². The number of esters is 1. The van der Waals surface area contributed by atoms with Crippen molar-refractivity contribution >= 4 is 11.8 Å². The fourth-order valence-electron chi connectivity index (χ4n) is 1.78. The molecule has 0 amide bonds.